The zero-order valence-corrected chi connectivity index (χ0v) is 15.1. The summed E-state index contributed by atoms with van der Waals surface area (Å²) in [7, 11) is 0. The van der Waals surface area contributed by atoms with E-state index < -0.39 is 23.8 Å². The van der Waals surface area contributed by atoms with Crippen LogP contribution < -0.4 is 10.1 Å². The van der Waals surface area contributed by atoms with Gasteiger partial charge >= 0.3 is 5.97 Å². The van der Waals surface area contributed by atoms with E-state index in [1.54, 1.807) is 19.1 Å². The Bertz CT molecular complexity index is 668. The average Bonchev–Trinajstić information content (AvgIpc) is 2.56. The molecule has 2 amide bonds. The number of ether oxygens (including phenoxy) is 2. The molecule has 1 heterocycles. The predicted molar refractivity (Wildman–Crippen MR) is 91.7 cm³/mol. The van der Waals surface area contributed by atoms with Crippen LogP contribution in [0.5, 0.6) is 5.75 Å². The first kappa shape index (κ1) is 19.3. The third kappa shape index (κ3) is 5.24. The molecule has 1 unspecified atom stereocenters. The van der Waals surface area contributed by atoms with Gasteiger partial charge in [-0.3, -0.25) is 14.4 Å². The van der Waals surface area contributed by atoms with Crippen molar-refractivity contribution in [3.63, 3.8) is 0 Å². The molecule has 7 nitrogen and oxygen atoms in total. The molecule has 1 atom stereocenters. The van der Waals surface area contributed by atoms with Crippen LogP contribution in [0.2, 0.25) is 10.0 Å². The van der Waals surface area contributed by atoms with E-state index in [0.717, 1.165) is 0 Å². The summed E-state index contributed by atoms with van der Waals surface area (Å²) < 4.78 is 10.3. The van der Waals surface area contributed by atoms with Crippen molar-refractivity contribution >= 4 is 41.0 Å². The highest BCUT2D eigenvalue weighted by Crippen LogP contribution is 2.27. The van der Waals surface area contributed by atoms with Gasteiger partial charge in [-0.05, 0) is 25.1 Å². The molecule has 1 aliphatic rings. The molecule has 2 rings (SSSR count). The van der Waals surface area contributed by atoms with Gasteiger partial charge in [0.25, 0.3) is 5.91 Å². The number of benzene rings is 1. The first-order valence-corrected chi connectivity index (χ1v) is 8.48. The maximum absolute atomic E-state index is 12.4. The minimum absolute atomic E-state index is 0.201. The summed E-state index contributed by atoms with van der Waals surface area (Å²) >= 11 is 11.8. The van der Waals surface area contributed by atoms with Crippen LogP contribution in [-0.2, 0) is 19.1 Å². The van der Waals surface area contributed by atoms with Gasteiger partial charge in [0.05, 0.1) is 18.1 Å². The van der Waals surface area contributed by atoms with Gasteiger partial charge < -0.3 is 19.7 Å². The molecule has 25 heavy (non-hydrogen) atoms. The van der Waals surface area contributed by atoms with Crippen molar-refractivity contribution in [1.82, 2.24) is 10.2 Å². The largest absolute Gasteiger partial charge is 0.482 e. The smallest absolute Gasteiger partial charge is 0.308 e. The van der Waals surface area contributed by atoms with E-state index >= 15 is 0 Å². The Labute approximate surface area is 155 Å². The van der Waals surface area contributed by atoms with E-state index in [1.165, 1.54) is 11.0 Å². The first-order chi connectivity index (χ1) is 11.9. The van der Waals surface area contributed by atoms with Gasteiger partial charge in [-0.2, -0.15) is 0 Å². The Balaban J connectivity index is 2.01. The molecular weight excluding hydrogens is 371 g/mol. The van der Waals surface area contributed by atoms with Crippen LogP contribution in [-0.4, -0.2) is 55.0 Å². The monoisotopic (exact) mass is 388 g/mol. The topological polar surface area (TPSA) is 84.9 Å². The molecule has 0 saturated carbocycles. The van der Waals surface area contributed by atoms with Gasteiger partial charge in [0.15, 0.2) is 6.61 Å². The molecule has 0 spiro atoms. The Morgan fingerprint density at radius 1 is 1.36 bits per heavy atom. The fourth-order valence-electron chi connectivity index (χ4n) is 2.41. The lowest BCUT2D eigenvalue weighted by atomic mass is 10.1. The van der Waals surface area contributed by atoms with Crippen molar-refractivity contribution in [2.75, 3.05) is 26.3 Å². The van der Waals surface area contributed by atoms with Crippen LogP contribution in [0.25, 0.3) is 0 Å². The first-order valence-electron chi connectivity index (χ1n) is 7.73. The Kier molecular flexibility index (Phi) is 6.90. The molecule has 0 radical (unpaired) electrons. The molecule has 1 fully saturated rings. The predicted octanol–water partition coefficient (Wildman–Crippen LogP) is 1.65. The molecular formula is C16H18Cl2N2O5. The fourth-order valence-corrected chi connectivity index (χ4v) is 2.87. The van der Waals surface area contributed by atoms with E-state index in [-0.39, 0.29) is 31.2 Å². The maximum Gasteiger partial charge on any atom is 0.308 e. The zero-order valence-electron chi connectivity index (χ0n) is 13.6. The van der Waals surface area contributed by atoms with Crippen molar-refractivity contribution in [3.8, 4) is 5.75 Å². The van der Waals surface area contributed by atoms with Crippen molar-refractivity contribution in [2.24, 2.45) is 0 Å². The number of nitrogens with one attached hydrogen (secondary N) is 1. The summed E-state index contributed by atoms with van der Waals surface area (Å²) in [4.78, 5) is 37.5. The lowest BCUT2D eigenvalue weighted by molar-refractivity contribution is -0.152. The number of halogens is 2. The summed E-state index contributed by atoms with van der Waals surface area (Å²) in [5.74, 6) is -1.04. The Morgan fingerprint density at radius 2 is 2.12 bits per heavy atom. The van der Waals surface area contributed by atoms with Crippen LogP contribution in [0.1, 0.15) is 13.3 Å². The van der Waals surface area contributed by atoms with Gasteiger partial charge in [-0.1, -0.05) is 23.2 Å². The van der Waals surface area contributed by atoms with Gasteiger partial charge in [0, 0.05) is 18.1 Å². The number of esters is 1. The molecule has 1 aromatic carbocycles. The molecule has 1 aliphatic heterocycles. The Hall–Kier alpha value is -1.99. The van der Waals surface area contributed by atoms with Crippen molar-refractivity contribution in [2.45, 2.75) is 19.4 Å². The number of nitrogens with zero attached hydrogens (tertiary/aromatic N) is 1. The average molecular weight is 389 g/mol. The quantitative estimate of drug-likeness (QED) is 0.748. The van der Waals surface area contributed by atoms with Gasteiger partial charge in [-0.25, -0.2) is 0 Å². The summed E-state index contributed by atoms with van der Waals surface area (Å²) in [6, 6.07) is 3.73. The highest BCUT2D eigenvalue weighted by atomic mass is 35.5. The number of rotatable bonds is 6. The minimum Gasteiger partial charge on any atom is -0.482 e. The second-order valence-electron chi connectivity index (χ2n) is 5.27. The normalized spacial score (nSPS) is 17.0. The number of carbonyl (C=O) groups is 3. The number of hydrogen-bond donors (Lipinski definition) is 1. The van der Waals surface area contributed by atoms with Crippen molar-refractivity contribution < 1.29 is 23.9 Å². The van der Waals surface area contributed by atoms with Gasteiger partial charge in [-0.15, -0.1) is 0 Å². The summed E-state index contributed by atoms with van der Waals surface area (Å²) in [6.45, 7) is 2.16. The van der Waals surface area contributed by atoms with E-state index in [4.69, 9.17) is 32.7 Å². The Morgan fingerprint density at radius 3 is 2.80 bits per heavy atom. The number of hydrogen-bond acceptors (Lipinski definition) is 5. The third-order valence-corrected chi connectivity index (χ3v) is 4.09. The minimum atomic E-state index is -0.912. The molecule has 136 valence electrons. The molecule has 1 saturated heterocycles. The SMILES string of the molecule is CCOC(=O)CC1C(=O)NCCN1C(=O)COc1ccc(Cl)cc1Cl. The van der Waals surface area contributed by atoms with E-state index in [0.29, 0.717) is 17.3 Å². The van der Waals surface area contributed by atoms with Crippen LogP contribution in [0, 0.1) is 0 Å². The summed E-state index contributed by atoms with van der Waals surface area (Å²) in [5.41, 5.74) is 0. The van der Waals surface area contributed by atoms with Crippen LogP contribution in [0.4, 0.5) is 0 Å². The van der Waals surface area contributed by atoms with E-state index in [9.17, 15) is 14.4 Å². The summed E-state index contributed by atoms with van der Waals surface area (Å²) in [5, 5.41) is 3.36. The van der Waals surface area contributed by atoms with E-state index in [2.05, 4.69) is 5.32 Å². The number of piperazine rings is 1. The molecule has 0 aromatic heterocycles. The lowest BCUT2D eigenvalue weighted by Gasteiger charge is -2.34. The highest BCUT2D eigenvalue weighted by molar-refractivity contribution is 6.35. The standard InChI is InChI=1S/C16H18Cl2N2O5/c1-2-24-15(22)8-12-16(23)19-5-6-20(12)14(21)9-25-13-4-3-10(17)7-11(13)18/h3-4,7,12H,2,5-6,8-9H2,1H3,(H,19,23). The zero-order chi connectivity index (χ0) is 18.4. The molecule has 0 aliphatic carbocycles. The van der Waals surface area contributed by atoms with Crippen LogP contribution in [0.15, 0.2) is 18.2 Å². The maximum atomic E-state index is 12.4. The highest BCUT2D eigenvalue weighted by Gasteiger charge is 2.35. The molecule has 1 N–H and O–H groups in total. The van der Waals surface area contributed by atoms with Crippen LogP contribution in [0.3, 0.4) is 0 Å². The van der Waals surface area contributed by atoms with Crippen molar-refractivity contribution in [3.05, 3.63) is 28.2 Å². The number of carbonyl (C=O) groups excluding carboxylic acids is 3. The third-order valence-electron chi connectivity index (χ3n) is 3.56. The summed E-state index contributed by atoms with van der Waals surface area (Å²) in [6.07, 6.45) is -0.201. The second kappa shape index (κ2) is 8.92. The van der Waals surface area contributed by atoms with E-state index in [1.807, 2.05) is 0 Å². The van der Waals surface area contributed by atoms with Gasteiger partial charge in [0.2, 0.25) is 5.91 Å². The fraction of sp³-hybridized carbons (Fsp3) is 0.438. The molecule has 9 heteroatoms. The second-order valence-corrected chi connectivity index (χ2v) is 6.11. The van der Waals surface area contributed by atoms with Crippen LogP contribution >= 0.6 is 23.2 Å². The molecule has 1 aromatic rings. The number of amides is 2. The lowest BCUT2D eigenvalue weighted by Crippen LogP contribution is -2.58. The molecule has 0 bridgehead atoms. The van der Waals surface area contributed by atoms with Crippen molar-refractivity contribution in [1.29, 1.82) is 0 Å². The van der Waals surface area contributed by atoms with Gasteiger partial charge in [0.1, 0.15) is 11.8 Å².